The highest BCUT2D eigenvalue weighted by Gasteiger charge is 2.08. The van der Waals surface area contributed by atoms with Crippen molar-refractivity contribution in [2.24, 2.45) is 0 Å². The van der Waals surface area contributed by atoms with Crippen molar-refractivity contribution in [3.05, 3.63) is 11.2 Å². The van der Waals surface area contributed by atoms with Crippen molar-refractivity contribution in [3.63, 3.8) is 0 Å². The summed E-state index contributed by atoms with van der Waals surface area (Å²) in [5, 5.41) is 6.99. The van der Waals surface area contributed by atoms with E-state index in [0.29, 0.717) is 22.8 Å². The molecule has 1 aromatic rings. The van der Waals surface area contributed by atoms with Crippen molar-refractivity contribution < 1.29 is 0 Å². The molecular formula is C13H23ClN4. The maximum Gasteiger partial charge on any atom is 0.224 e. The lowest BCUT2D eigenvalue weighted by Crippen LogP contribution is -2.17. The zero-order valence-corrected chi connectivity index (χ0v) is 12.2. The van der Waals surface area contributed by atoms with E-state index >= 15 is 0 Å². The molecule has 1 aromatic heterocycles. The number of nitrogens with zero attached hydrogens (tertiary/aromatic N) is 2. The number of anilines is 2. The van der Waals surface area contributed by atoms with Crippen molar-refractivity contribution >= 4 is 23.4 Å². The van der Waals surface area contributed by atoms with Gasteiger partial charge in [-0.05, 0) is 20.3 Å². The maximum atomic E-state index is 6.09. The van der Waals surface area contributed by atoms with Gasteiger partial charge < -0.3 is 10.6 Å². The van der Waals surface area contributed by atoms with Crippen LogP contribution in [0, 0.1) is 0 Å². The SMILES string of the molecule is CCCCCC(C)Nc1nc(NCC)ncc1Cl. The van der Waals surface area contributed by atoms with E-state index in [1.165, 1.54) is 19.3 Å². The molecule has 18 heavy (non-hydrogen) atoms. The minimum absolute atomic E-state index is 0.374. The van der Waals surface area contributed by atoms with Gasteiger partial charge in [0.05, 0.1) is 6.20 Å². The highest BCUT2D eigenvalue weighted by Crippen LogP contribution is 2.21. The molecule has 0 bridgehead atoms. The lowest BCUT2D eigenvalue weighted by molar-refractivity contribution is 0.613. The van der Waals surface area contributed by atoms with Crippen LogP contribution < -0.4 is 10.6 Å². The summed E-state index contributed by atoms with van der Waals surface area (Å²) < 4.78 is 0. The van der Waals surface area contributed by atoms with Crippen LogP contribution in [0.4, 0.5) is 11.8 Å². The molecule has 102 valence electrons. The minimum atomic E-state index is 0.374. The Balaban J connectivity index is 2.56. The van der Waals surface area contributed by atoms with Gasteiger partial charge in [0.25, 0.3) is 0 Å². The first-order valence-corrected chi connectivity index (χ1v) is 7.08. The number of halogens is 1. The Morgan fingerprint density at radius 3 is 2.78 bits per heavy atom. The van der Waals surface area contributed by atoms with Crippen molar-refractivity contribution in [3.8, 4) is 0 Å². The Morgan fingerprint density at radius 1 is 1.33 bits per heavy atom. The molecule has 2 N–H and O–H groups in total. The average Bonchev–Trinajstić information content (AvgIpc) is 2.34. The van der Waals surface area contributed by atoms with E-state index in [1.807, 2.05) is 6.92 Å². The second-order valence-corrected chi connectivity index (χ2v) is 4.87. The monoisotopic (exact) mass is 270 g/mol. The molecule has 5 heteroatoms. The van der Waals surface area contributed by atoms with Gasteiger partial charge in [0, 0.05) is 12.6 Å². The molecule has 0 radical (unpaired) electrons. The summed E-state index contributed by atoms with van der Waals surface area (Å²) in [7, 11) is 0. The molecule has 1 heterocycles. The summed E-state index contributed by atoms with van der Waals surface area (Å²) in [6.45, 7) is 7.18. The van der Waals surface area contributed by atoms with Gasteiger partial charge in [0.15, 0.2) is 5.82 Å². The van der Waals surface area contributed by atoms with Crippen LogP contribution in [0.1, 0.15) is 46.5 Å². The third-order valence-electron chi connectivity index (χ3n) is 2.70. The smallest absolute Gasteiger partial charge is 0.224 e. The van der Waals surface area contributed by atoms with Crippen LogP contribution in [0.5, 0.6) is 0 Å². The molecule has 1 rings (SSSR count). The normalized spacial score (nSPS) is 12.2. The summed E-state index contributed by atoms with van der Waals surface area (Å²) >= 11 is 6.09. The molecule has 0 aromatic carbocycles. The van der Waals surface area contributed by atoms with Crippen molar-refractivity contribution in [2.45, 2.75) is 52.5 Å². The first-order valence-electron chi connectivity index (χ1n) is 6.70. The molecule has 0 saturated carbocycles. The fraction of sp³-hybridized carbons (Fsp3) is 0.692. The summed E-state index contributed by atoms with van der Waals surface area (Å²) in [6.07, 6.45) is 6.50. The van der Waals surface area contributed by atoms with Crippen molar-refractivity contribution in [1.29, 1.82) is 0 Å². The van der Waals surface area contributed by atoms with E-state index in [2.05, 4.69) is 34.4 Å². The molecular weight excluding hydrogens is 248 g/mol. The Hall–Kier alpha value is -1.03. The van der Waals surface area contributed by atoms with Crippen molar-refractivity contribution in [2.75, 3.05) is 17.2 Å². The van der Waals surface area contributed by atoms with Gasteiger partial charge in [-0.3, -0.25) is 0 Å². The quantitative estimate of drug-likeness (QED) is 0.703. The zero-order chi connectivity index (χ0) is 13.4. The molecule has 0 spiro atoms. The summed E-state index contributed by atoms with van der Waals surface area (Å²) in [4.78, 5) is 8.48. The van der Waals surface area contributed by atoms with Gasteiger partial charge in [0.1, 0.15) is 5.02 Å². The molecule has 0 aliphatic rings. The van der Waals surface area contributed by atoms with Gasteiger partial charge in [-0.15, -0.1) is 0 Å². The summed E-state index contributed by atoms with van der Waals surface area (Å²) in [5.74, 6) is 1.33. The average molecular weight is 271 g/mol. The van der Waals surface area contributed by atoms with Gasteiger partial charge in [-0.2, -0.15) is 4.98 Å². The highest BCUT2D eigenvalue weighted by atomic mass is 35.5. The van der Waals surface area contributed by atoms with E-state index in [4.69, 9.17) is 11.6 Å². The van der Waals surface area contributed by atoms with Crippen LogP contribution >= 0.6 is 11.6 Å². The first kappa shape index (κ1) is 15.0. The number of aromatic nitrogens is 2. The van der Waals surface area contributed by atoms with Gasteiger partial charge >= 0.3 is 0 Å². The molecule has 0 saturated heterocycles. The van der Waals surface area contributed by atoms with Crippen LogP contribution in [0.2, 0.25) is 5.02 Å². The number of nitrogens with one attached hydrogen (secondary N) is 2. The van der Waals surface area contributed by atoms with Crippen LogP contribution in [0.25, 0.3) is 0 Å². The molecule has 0 fully saturated rings. The second-order valence-electron chi connectivity index (χ2n) is 4.46. The molecule has 0 amide bonds. The number of hydrogen-bond acceptors (Lipinski definition) is 4. The zero-order valence-electron chi connectivity index (χ0n) is 11.5. The van der Waals surface area contributed by atoms with Crippen LogP contribution in [0.15, 0.2) is 6.20 Å². The Morgan fingerprint density at radius 2 is 2.11 bits per heavy atom. The number of unbranched alkanes of at least 4 members (excludes halogenated alkanes) is 2. The number of hydrogen-bond donors (Lipinski definition) is 2. The van der Waals surface area contributed by atoms with Crippen LogP contribution in [-0.2, 0) is 0 Å². The van der Waals surface area contributed by atoms with Crippen LogP contribution in [0.3, 0.4) is 0 Å². The predicted molar refractivity (Wildman–Crippen MR) is 78.4 cm³/mol. The largest absolute Gasteiger partial charge is 0.366 e. The summed E-state index contributed by atoms with van der Waals surface area (Å²) in [6, 6.07) is 0.374. The van der Waals surface area contributed by atoms with Crippen LogP contribution in [-0.4, -0.2) is 22.6 Å². The third-order valence-corrected chi connectivity index (χ3v) is 2.98. The van der Waals surface area contributed by atoms with Gasteiger partial charge in [-0.1, -0.05) is 37.8 Å². The standard InChI is InChI=1S/C13H23ClN4/c1-4-6-7-8-10(3)17-12-11(14)9-16-13(18-12)15-5-2/h9-10H,4-8H2,1-3H3,(H2,15,16,17,18). The molecule has 4 nitrogen and oxygen atoms in total. The summed E-state index contributed by atoms with van der Waals surface area (Å²) in [5.41, 5.74) is 0. The van der Waals surface area contributed by atoms with E-state index in [9.17, 15) is 0 Å². The minimum Gasteiger partial charge on any atom is -0.366 e. The van der Waals surface area contributed by atoms with Gasteiger partial charge in [0.2, 0.25) is 5.95 Å². The predicted octanol–water partition coefficient (Wildman–Crippen LogP) is 3.94. The Bertz CT molecular complexity index is 357. The van der Waals surface area contributed by atoms with E-state index in [-0.39, 0.29) is 0 Å². The van der Waals surface area contributed by atoms with Gasteiger partial charge in [-0.25, -0.2) is 4.98 Å². The molecule has 1 unspecified atom stereocenters. The fourth-order valence-electron chi connectivity index (χ4n) is 1.72. The van der Waals surface area contributed by atoms with E-state index in [1.54, 1.807) is 6.20 Å². The fourth-order valence-corrected chi connectivity index (χ4v) is 1.86. The molecule has 1 atom stereocenters. The first-order chi connectivity index (χ1) is 8.67. The van der Waals surface area contributed by atoms with Crippen molar-refractivity contribution in [1.82, 2.24) is 9.97 Å². The third kappa shape index (κ3) is 5.08. The maximum absolute atomic E-state index is 6.09. The molecule has 0 aliphatic heterocycles. The topological polar surface area (TPSA) is 49.8 Å². The second kappa shape index (κ2) is 8.14. The molecule has 0 aliphatic carbocycles. The Labute approximate surface area is 115 Å². The Kier molecular flexibility index (Phi) is 6.80. The highest BCUT2D eigenvalue weighted by molar-refractivity contribution is 6.32. The number of rotatable bonds is 8. The van der Waals surface area contributed by atoms with E-state index < -0.39 is 0 Å². The lowest BCUT2D eigenvalue weighted by atomic mass is 10.1. The lowest BCUT2D eigenvalue weighted by Gasteiger charge is -2.15. The van der Waals surface area contributed by atoms with E-state index in [0.717, 1.165) is 13.0 Å².